The summed E-state index contributed by atoms with van der Waals surface area (Å²) < 4.78 is 5.72. The molecule has 7 amide bonds. The first-order chi connectivity index (χ1) is 25.9. The highest BCUT2D eigenvalue weighted by Crippen LogP contribution is 2.26. The van der Waals surface area contributed by atoms with Gasteiger partial charge in [0.15, 0.2) is 0 Å². The van der Waals surface area contributed by atoms with Gasteiger partial charge in [0.05, 0.1) is 0 Å². The summed E-state index contributed by atoms with van der Waals surface area (Å²) in [5.41, 5.74) is 1.17. The predicted octanol–water partition coefficient (Wildman–Crippen LogP) is 1.22. The number of ether oxygens (including phenoxy) is 1. The quantitative estimate of drug-likeness (QED) is 0.287. The van der Waals surface area contributed by atoms with Crippen molar-refractivity contribution in [2.24, 2.45) is 5.92 Å². The lowest BCUT2D eigenvalue weighted by Gasteiger charge is -2.36. The molecule has 4 heterocycles. The molecule has 0 saturated carbocycles. The van der Waals surface area contributed by atoms with Crippen molar-refractivity contribution in [2.75, 3.05) is 31.6 Å². The number of amides is 7. The lowest BCUT2D eigenvalue weighted by molar-refractivity contribution is -0.158. The lowest BCUT2D eigenvalue weighted by atomic mass is 10.0. The second kappa shape index (κ2) is 18.0. The fourth-order valence-electron chi connectivity index (χ4n) is 7.24. The van der Waals surface area contributed by atoms with Crippen molar-refractivity contribution in [3.8, 4) is 0 Å². The van der Waals surface area contributed by atoms with Crippen LogP contribution in [-0.2, 0) is 39.9 Å². The molecule has 3 fully saturated rings. The van der Waals surface area contributed by atoms with Gasteiger partial charge >= 0.3 is 12.0 Å². The molecule has 0 bridgehead atoms. The number of hydrogen-bond acceptors (Lipinski definition) is 9. The average Bonchev–Trinajstić information content (AvgIpc) is 3.81. The van der Waals surface area contributed by atoms with Crippen LogP contribution in [0.3, 0.4) is 0 Å². The van der Waals surface area contributed by atoms with Crippen LogP contribution in [0.15, 0.2) is 54.9 Å². The van der Waals surface area contributed by atoms with Crippen LogP contribution in [0.1, 0.15) is 58.9 Å². The zero-order valence-corrected chi connectivity index (χ0v) is 31.2. The fourth-order valence-corrected chi connectivity index (χ4v) is 7.24. The third-order valence-electron chi connectivity index (χ3n) is 10.1. The van der Waals surface area contributed by atoms with Crippen LogP contribution in [0.25, 0.3) is 0 Å². The summed E-state index contributed by atoms with van der Waals surface area (Å²) in [5.74, 6) is -3.67. The summed E-state index contributed by atoms with van der Waals surface area (Å²) in [6, 6.07) is 4.96. The third kappa shape index (κ3) is 9.51. The molecule has 1 aromatic carbocycles. The highest BCUT2D eigenvalue weighted by molar-refractivity contribution is 5.98. The van der Waals surface area contributed by atoms with Crippen molar-refractivity contribution in [3.63, 3.8) is 0 Å². The number of pyridine rings is 1. The van der Waals surface area contributed by atoms with Crippen molar-refractivity contribution in [1.29, 1.82) is 0 Å². The minimum atomic E-state index is -1.45. The van der Waals surface area contributed by atoms with Crippen LogP contribution >= 0.6 is 0 Å². The van der Waals surface area contributed by atoms with Gasteiger partial charge in [-0.1, -0.05) is 44.2 Å². The monoisotopic (exact) mass is 746 g/mol. The topological polar surface area (TPSA) is 199 Å². The Hall–Kier alpha value is -5.54. The smallest absolute Gasteiger partial charge is 0.328 e. The number of benzene rings is 1. The number of carbonyl (C=O) groups excluding carboxylic acids is 7. The summed E-state index contributed by atoms with van der Waals surface area (Å²) in [4.78, 5) is 105. The first-order valence-corrected chi connectivity index (χ1v) is 18.6. The predicted molar refractivity (Wildman–Crippen MR) is 196 cm³/mol. The van der Waals surface area contributed by atoms with E-state index in [-0.39, 0.29) is 32.0 Å². The molecule has 7 unspecified atom stereocenters. The van der Waals surface area contributed by atoms with Crippen LogP contribution in [0.4, 0.5) is 10.5 Å². The van der Waals surface area contributed by atoms with Gasteiger partial charge in [-0.15, -0.1) is 0 Å². The number of anilines is 1. The second-order valence-electron chi connectivity index (χ2n) is 14.2. The zero-order valence-electron chi connectivity index (χ0n) is 31.2. The van der Waals surface area contributed by atoms with E-state index in [2.05, 4.69) is 26.3 Å². The van der Waals surface area contributed by atoms with Crippen LogP contribution in [0.2, 0.25) is 0 Å². The molecule has 1 aromatic heterocycles. The number of fused-ring (bicyclic) bond motifs is 2. The SMILES string of the molecule is CCCN1C(=O)C2CCCN2C(=O)C(NC(=O)C(Cc2ccccc2)NC(=O)Nc2ccncc2)COC(=O)C2CC(C)CN2C(=O)C(C)NC(=O)C1C. The van der Waals surface area contributed by atoms with Gasteiger partial charge in [-0.3, -0.25) is 29.0 Å². The first-order valence-electron chi connectivity index (χ1n) is 18.6. The number of hydrogen-bond donors (Lipinski definition) is 4. The number of rotatable bonds is 8. The van der Waals surface area contributed by atoms with Crippen molar-refractivity contribution in [1.82, 2.24) is 35.6 Å². The van der Waals surface area contributed by atoms with E-state index < -0.39 is 84.4 Å². The molecule has 3 aliphatic rings. The van der Waals surface area contributed by atoms with Gasteiger partial charge in [0.2, 0.25) is 29.5 Å². The van der Waals surface area contributed by atoms with E-state index in [1.165, 1.54) is 34.0 Å². The van der Waals surface area contributed by atoms with E-state index in [0.29, 0.717) is 31.4 Å². The highest BCUT2D eigenvalue weighted by Gasteiger charge is 2.45. The van der Waals surface area contributed by atoms with E-state index in [1.807, 2.05) is 19.9 Å². The number of carbonyl (C=O) groups is 7. The summed E-state index contributed by atoms with van der Waals surface area (Å²) in [6.45, 7) is 6.95. The van der Waals surface area contributed by atoms with Gasteiger partial charge < -0.3 is 40.7 Å². The Labute approximate surface area is 314 Å². The maximum absolute atomic E-state index is 14.4. The molecule has 54 heavy (non-hydrogen) atoms. The lowest BCUT2D eigenvalue weighted by Crippen LogP contribution is -2.61. The van der Waals surface area contributed by atoms with Crippen molar-refractivity contribution >= 4 is 47.2 Å². The Morgan fingerprint density at radius 3 is 2.37 bits per heavy atom. The summed E-state index contributed by atoms with van der Waals surface area (Å²) in [5, 5.41) is 10.8. The number of esters is 1. The Bertz CT molecular complexity index is 1690. The van der Waals surface area contributed by atoms with Crippen molar-refractivity contribution in [3.05, 3.63) is 60.4 Å². The highest BCUT2D eigenvalue weighted by atomic mass is 16.5. The minimum absolute atomic E-state index is 0.0568. The Kier molecular flexibility index (Phi) is 13.2. The van der Waals surface area contributed by atoms with Gasteiger partial charge in [-0.05, 0) is 63.1 Å². The third-order valence-corrected chi connectivity index (χ3v) is 10.1. The van der Waals surface area contributed by atoms with Crippen LogP contribution in [0, 0.1) is 5.92 Å². The number of cyclic esters (lactones) is 1. The molecule has 290 valence electrons. The minimum Gasteiger partial charge on any atom is -0.461 e. The van der Waals surface area contributed by atoms with Crippen LogP contribution in [-0.4, -0.2) is 124 Å². The molecule has 3 saturated heterocycles. The molecule has 5 rings (SSSR count). The molecule has 3 aliphatic heterocycles. The van der Waals surface area contributed by atoms with E-state index >= 15 is 0 Å². The van der Waals surface area contributed by atoms with Crippen molar-refractivity contribution < 1.29 is 38.3 Å². The Morgan fingerprint density at radius 2 is 1.67 bits per heavy atom. The fraction of sp³-hybridized carbons (Fsp3) is 0.526. The van der Waals surface area contributed by atoms with E-state index in [4.69, 9.17) is 4.74 Å². The summed E-state index contributed by atoms with van der Waals surface area (Å²) >= 11 is 0. The number of aromatic nitrogens is 1. The van der Waals surface area contributed by atoms with Gasteiger partial charge in [0, 0.05) is 44.1 Å². The van der Waals surface area contributed by atoms with E-state index in [1.54, 1.807) is 43.3 Å². The molecule has 0 radical (unpaired) electrons. The molecule has 0 aliphatic carbocycles. The standard InChI is InChI=1S/C38H50N8O8/c1-5-17-44-25(4)32(47)40-24(3)34(49)46-21-23(2)19-31(46)37(52)54-22-29(35(50)45-18-9-12-30(45)36(44)51)42-33(48)28(20-26-10-7-6-8-11-26)43-38(53)41-27-13-15-39-16-14-27/h6-8,10-11,13-16,23-25,28-31H,5,9,12,17-22H2,1-4H3,(H,40,47)(H,42,48)(H2,39,41,43,53). The van der Waals surface area contributed by atoms with Gasteiger partial charge in [-0.25, -0.2) is 9.59 Å². The molecule has 4 N–H and O–H groups in total. The van der Waals surface area contributed by atoms with Gasteiger partial charge in [-0.2, -0.15) is 0 Å². The zero-order chi connectivity index (χ0) is 38.9. The molecule has 0 spiro atoms. The maximum Gasteiger partial charge on any atom is 0.328 e. The Balaban J connectivity index is 1.46. The average molecular weight is 747 g/mol. The number of urea groups is 1. The van der Waals surface area contributed by atoms with Gasteiger partial charge in [0.25, 0.3) is 0 Å². The molecule has 16 nitrogen and oxygen atoms in total. The first kappa shape index (κ1) is 39.7. The molecule has 7 atom stereocenters. The van der Waals surface area contributed by atoms with Crippen LogP contribution in [0.5, 0.6) is 0 Å². The Morgan fingerprint density at radius 1 is 0.944 bits per heavy atom. The second-order valence-corrected chi connectivity index (χ2v) is 14.2. The largest absolute Gasteiger partial charge is 0.461 e. The summed E-state index contributed by atoms with van der Waals surface area (Å²) in [6.07, 6.45) is 4.70. The number of nitrogens with one attached hydrogen (secondary N) is 4. The maximum atomic E-state index is 14.4. The van der Waals surface area contributed by atoms with Crippen molar-refractivity contribution in [2.45, 2.75) is 96.1 Å². The molecule has 16 heteroatoms. The molecular formula is C38H50N8O8. The van der Waals surface area contributed by atoms with Crippen LogP contribution < -0.4 is 21.3 Å². The van der Waals surface area contributed by atoms with Gasteiger partial charge in [0.1, 0.15) is 42.9 Å². The van der Waals surface area contributed by atoms with E-state index in [9.17, 15) is 33.6 Å². The summed E-state index contributed by atoms with van der Waals surface area (Å²) in [7, 11) is 0. The van der Waals surface area contributed by atoms with E-state index in [0.717, 1.165) is 5.56 Å². The number of nitrogens with zero attached hydrogens (tertiary/aromatic N) is 4. The molecule has 2 aromatic rings. The normalized spacial score (nSPS) is 26.0. The molecular weight excluding hydrogens is 696 g/mol.